The molecule has 1 fully saturated rings. The maximum absolute atomic E-state index is 13.8. The number of anilines is 1. The van der Waals surface area contributed by atoms with Gasteiger partial charge in [0, 0.05) is 16.3 Å². The van der Waals surface area contributed by atoms with E-state index in [1.54, 1.807) is 6.92 Å². The van der Waals surface area contributed by atoms with E-state index in [9.17, 15) is 18.7 Å². The first-order valence-corrected chi connectivity index (χ1v) is 9.76. The van der Waals surface area contributed by atoms with Crippen molar-refractivity contribution in [2.24, 2.45) is 4.99 Å². The summed E-state index contributed by atoms with van der Waals surface area (Å²) in [5.41, 5.74) is 0.826. The Balaban J connectivity index is 1.86. The number of aryl methyl sites for hydroxylation is 1. The van der Waals surface area contributed by atoms with Crippen LogP contribution in [0, 0.1) is 18.6 Å². The highest BCUT2D eigenvalue weighted by Gasteiger charge is 2.23. The molecule has 5 nitrogen and oxygen atoms in total. The van der Waals surface area contributed by atoms with Gasteiger partial charge in [-0.1, -0.05) is 30.5 Å². The maximum atomic E-state index is 13.8. The molecule has 8 heteroatoms. The fourth-order valence-electron chi connectivity index (χ4n) is 3.18. The van der Waals surface area contributed by atoms with Crippen molar-refractivity contribution in [2.45, 2.75) is 44.8 Å². The van der Waals surface area contributed by atoms with Gasteiger partial charge in [0.2, 0.25) is 5.96 Å². The fraction of sp³-hybridized carbons (Fsp3) is 0.333. The molecule has 0 bridgehead atoms. The molecule has 1 amide bonds. The number of carbonyl (C=O) groups excluding carboxylic acids is 1. The number of aliphatic hydroxyl groups is 1. The topological polar surface area (TPSA) is 73.7 Å². The van der Waals surface area contributed by atoms with Crippen molar-refractivity contribution >= 4 is 29.2 Å². The summed E-state index contributed by atoms with van der Waals surface area (Å²) < 4.78 is 27.5. The molecule has 0 aromatic heterocycles. The molecular formula is C21H22ClF2N3O2. The van der Waals surface area contributed by atoms with Gasteiger partial charge >= 0.3 is 0 Å². The Kier molecular flexibility index (Phi) is 6.82. The Morgan fingerprint density at radius 3 is 2.62 bits per heavy atom. The zero-order valence-corrected chi connectivity index (χ0v) is 16.6. The zero-order chi connectivity index (χ0) is 21.0. The molecule has 2 aromatic rings. The summed E-state index contributed by atoms with van der Waals surface area (Å²) in [5, 5.41) is 15.8. The van der Waals surface area contributed by atoms with E-state index in [4.69, 9.17) is 11.6 Å². The molecule has 0 spiro atoms. The molecule has 0 unspecified atom stereocenters. The minimum absolute atomic E-state index is 0.0311. The van der Waals surface area contributed by atoms with E-state index < -0.39 is 29.7 Å². The third-order valence-corrected chi connectivity index (χ3v) is 5.00. The monoisotopic (exact) mass is 421 g/mol. The largest absolute Gasteiger partial charge is 0.391 e. The summed E-state index contributed by atoms with van der Waals surface area (Å²) in [5.74, 6) is -1.60. The summed E-state index contributed by atoms with van der Waals surface area (Å²) in [6.07, 6.45) is 2.45. The quantitative estimate of drug-likeness (QED) is 0.507. The number of hydrogen-bond donors (Lipinski definition) is 3. The van der Waals surface area contributed by atoms with Gasteiger partial charge in [-0.2, -0.15) is 0 Å². The number of nitrogens with zero attached hydrogens (tertiary/aromatic N) is 1. The summed E-state index contributed by atoms with van der Waals surface area (Å²) in [6.45, 7) is 1.60. The molecule has 29 heavy (non-hydrogen) atoms. The number of rotatable bonds is 3. The molecule has 2 aromatic carbocycles. The smallest absolute Gasteiger partial charge is 0.258 e. The van der Waals surface area contributed by atoms with Gasteiger partial charge < -0.3 is 10.4 Å². The first-order chi connectivity index (χ1) is 13.8. The van der Waals surface area contributed by atoms with Crippen LogP contribution in [0.4, 0.5) is 14.5 Å². The van der Waals surface area contributed by atoms with Crippen LogP contribution in [0.3, 0.4) is 0 Å². The predicted molar refractivity (Wildman–Crippen MR) is 109 cm³/mol. The lowest BCUT2D eigenvalue weighted by Crippen LogP contribution is -2.39. The number of halogens is 3. The molecule has 1 aliphatic rings. The summed E-state index contributed by atoms with van der Waals surface area (Å²) in [6, 6.07) is 7.57. The number of aliphatic imine (C=N–C) groups is 1. The number of benzene rings is 2. The van der Waals surface area contributed by atoms with Crippen molar-refractivity contribution in [3.8, 4) is 0 Å². The summed E-state index contributed by atoms with van der Waals surface area (Å²) in [4.78, 5) is 17.0. The second-order valence-corrected chi connectivity index (χ2v) is 7.53. The molecule has 154 valence electrons. The van der Waals surface area contributed by atoms with Gasteiger partial charge in [-0.25, -0.2) is 13.8 Å². The van der Waals surface area contributed by atoms with E-state index in [2.05, 4.69) is 15.6 Å². The van der Waals surface area contributed by atoms with Gasteiger partial charge in [-0.3, -0.25) is 10.1 Å². The Morgan fingerprint density at radius 1 is 1.17 bits per heavy atom. The van der Waals surface area contributed by atoms with Crippen molar-refractivity contribution in [2.75, 3.05) is 5.32 Å². The third-order valence-electron chi connectivity index (χ3n) is 4.78. The lowest BCUT2D eigenvalue weighted by Gasteiger charge is -2.25. The van der Waals surface area contributed by atoms with Crippen LogP contribution in [0.5, 0.6) is 0 Å². The fourth-order valence-corrected chi connectivity index (χ4v) is 3.40. The average molecular weight is 422 g/mol. The number of amides is 1. The van der Waals surface area contributed by atoms with Crippen LogP contribution in [-0.2, 0) is 0 Å². The molecule has 0 heterocycles. The highest BCUT2D eigenvalue weighted by molar-refractivity contribution is 6.31. The van der Waals surface area contributed by atoms with E-state index in [0.29, 0.717) is 18.4 Å². The van der Waals surface area contributed by atoms with Crippen molar-refractivity contribution in [3.05, 3.63) is 64.2 Å². The van der Waals surface area contributed by atoms with Crippen molar-refractivity contribution in [1.82, 2.24) is 5.32 Å². The van der Waals surface area contributed by atoms with E-state index in [-0.39, 0.29) is 22.2 Å². The number of carbonyl (C=O) groups is 1. The second-order valence-electron chi connectivity index (χ2n) is 7.10. The van der Waals surface area contributed by atoms with Gasteiger partial charge in [-0.05, 0) is 55.7 Å². The number of aliphatic hydroxyl groups excluding tert-OH is 1. The van der Waals surface area contributed by atoms with E-state index in [0.717, 1.165) is 25.0 Å². The highest BCUT2D eigenvalue weighted by Crippen LogP contribution is 2.22. The number of guanidine groups is 1. The lowest BCUT2D eigenvalue weighted by molar-refractivity contribution is 0.0971. The van der Waals surface area contributed by atoms with Crippen molar-refractivity contribution in [3.63, 3.8) is 0 Å². The van der Waals surface area contributed by atoms with Gasteiger partial charge in [0.25, 0.3) is 5.91 Å². The normalized spacial score (nSPS) is 19.7. The van der Waals surface area contributed by atoms with Crippen LogP contribution in [0.25, 0.3) is 0 Å². The maximum Gasteiger partial charge on any atom is 0.258 e. The minimum Gasteiger partial charge on any atom is -0.391 e. The summed E-state index contributed by atoms with van der Waals surface area (Å²) >= 11 is 5.89. The first-order valence-electron chi connectivity index (χ1n) is 9.38. The van der Waals surface area contributed by atoms with Gasteiger partial charge in [0.15, 0.2) is 0 Å². The highest BCUT2D eigenvalue weighted by atomic mass is 35.5. The van der Waals surface area contributed by atoms with Crippen LogP contribution in [-0.4, -0.2) is 29.1 Å². The molecule has 2 atom stereocenters. The van der Waals surface area contributed by atoms with E-state index >= 15 is 0 Å². The van der Waals surface area contributed by atoms with Crippen LogP contribution in [0.15, 0.2) is 41.4 Å². The SMILES string of the molecule is Cc1ccc(C(=O)NC(=N[C@H]2CCCC[C@H]2O)Nc2cc(F)cc(Cl)c2)cc1F. The molecule has 3 rings (SSSR count). The third kappa shape index (κ3) is 5.74. The van der Waals surface area contributed by atoms with Crippen LogP contribution in [0.2, 0.25) is 5.02 Å². The molecule has 0 aliphatic heterocycles. The predicted octanol–water partition coefficient (Wildman–Crippen LogP) is 4.43. The van der Waals surface area contributed by atoms with Crippen LogP contribution in [0.1, 0.15) is 41.6 Å². The summed E-state index contributed by atoms with van der Waals surface area (Å²) in [7, 11) is 0. The number of nitrogens with one attached hydrogen (secondary N) is 2. The molecular weight excluding hydrogens is 400 g/mol. The van der Waals surface area contributed by atoms with E-state index in [1.807, 2.05) is 0 Å². The van der Waals surface area contributed by atoms with Gasteiger partial charge in [0.1, 0.15) is 11.6 Å². The standard InChI is InChI=1S/C21H22ClF2N3O2/c1-12-6-7-13(8-17(12)24)20(29)27-21(26-18-4-2-3-5-19(18)28)25-16-10-14(22)9-15(23)11-16/h6-11,18-19,28H,2-5H2,1H3,(H2,25,26,27,29)/t18-,19+/m0/s1. The number of hydrogen-bond acceptors (Lipinski definition) is 3. The molecule has 0 saturated heterocycles. The lowest BCUT2D eigenvalue weighted by atomic mass is 9.93. The first kappa shape index (κ1) is 21.2. The minimum atomic E-state index is -0.634. The molecule has 0 radical (unpaired) electrons. The Hall–Kier alpha value is -2.51. The molecule has 3 N–H and O–H groups in total. The molecule has 1 aliphatic carbocycles. The van der Waals surface area contributed by atoms with Gasteiger partial charge in [-0.15, -0.1) is 0 Å². The van der Waals surface area contributed by atoms with Crippen molar-refractivity contribution in [1.29, 1.82) is 0 Å². The Labute approximate surface area is 172 Å². The Bertz CT molecular complexity index is 916. The van der Waals surface area contributed by atoms with Crippen LogP contribution < -0.4 is 10.6 Å². The average Bonchev–Trinajstić information content (AvgIpc) is 2.65. The zero-order valence-electron chi connectivity index (χ0n) is 15.9. The molecule has 1 saturated carbocycles. The van der Waals surface area contributed by atoms with E-state index in [1.165, 1.54) is 24.3 Å². The van der Waals surface area contributed by atoms with Crippen molar-refractivity contribution < 1.29 is 18.7 Å². The van der Waals surface area contributed by atoms with Crippen LogP contribution >= 0.6 is 11.6 Å². The van der Waals surface area contributed by atoms with Gasteiger partial charge in [0.05, 0.1) is 12.1 Å². The Morgan fingerprint density at radius 2 is 1.93 bits per heavy atom. The second kappa shape index (κ2) is 9.33.